The molecule has 0 spiro atoms. The molecule has 0 saturated heterocycles. The first-order valence-corrected chi connectivity index (χ1v) is 6.65. The van der Waals surface area contributed by atoms with E-state index in [1.807, 2.05) is 0 Å². The second-order valence-electron chi connectivity index (χ2n) is 5.38. The number of nitrogens with two attached hydrogens (primary N) is 1. The molecule has 1 aromatic carbocycles. The van der Waals surface area contributed by atoms with E-state index in [-0.39, 0.29) is 13.0 Å². The monoisotopic (exact) mass is 317 g/mol. The predicted molar refractivity (Wildman–Crippen MR) is 70.4 cm³/mol. The van der Waals surface area contributed by atoms with Gasteiger partial charge in [0, 0.05) is 15.5 Å². The highest BCUT2D eigenvalue weighted by molar-refractivity contribution is 9.10. The van der Waals surface area contributed by atoms with Crippen molar-refractivity contribution in [3.63, 3.8) is 0 Å². The van der Waals surface area contributed by atoms with Crippen molar-refractivity contribution >= 4 is 15.9 Å². The zero-order valence-corrected chi connectivity index (χ0v) is 11.7. The largest absolute Gasteiger partial charge is 0.396 e. The van der Waals surface area contributed by atoms with Crippen molar-refractivity contribution in [2.45, 2.75) is 31.4 Å². The van der Waals surface area contributed by atoms with E-state index in [1.165, 1.54) is 6.07 Å². The van der Waals surface area contributed by atoms with Gasteiger partial charge in [-0.15, -0.1) is 0 Å². The van der Waals surface area contributed by atoms with Gasteiger partial charge < -0.3 is 15.9 Å². The highest BCUT2D eigenvalue weighted by atomic mass is 79.9. The Morgan fingerprint density at radius 2 is 2.17 bits per heavy atom. The van der Waals surface area contributed by atoms with E-state index < -0.39 is 22.9 Å². The Kier molecular flexibility index (Phi) is 3.53. The van der Waals surface area contributed by atoms with E-state index in [4.69, 9.17) is 5.73 Å². The molecule has 0 radical (unpaired) electrons. The van der Waals surface area contributed by atoms with Crippen molar-refractivity contribution in [2.75, 3.05) is 6.61 Å². The first-order valence-electron chi connectivity index (χ1n) is 5.86. The second kappa shape index (κ2) is 4.56. The number of benzene rings is 1. The molecule has 0 amide bonds. The van der Waals surface area contributed by atoms with Crippen molar-refractivity contribution in [3.05, 3.63) is 34.1 Å². The van der Waals surface area contributed by atoms with Gasteiger partial charge in [-0.3, -0.25) is 0 Å². The molecule has 1 fully saturated rings. The van der Waals surface area contributed by atoms with Crippen molar-refractivity contribution in [1.82, 2.24) is 0 Å². The summed E-state index contributed by atoms with van der Waals surface area (Å²) in [5.74, 6) is -0.408. The van der Waals surface area contributed by atoms with E-state index in [0.717, 1.165) is 4.47 Å². The van der Waals surface area contributed by atoms with Crippen LogP contribution < -0.4 is 5.73 Å². The van der Waals surface area contributed by atoms with E-state index in [9.17, 15) is 14.6 Å². The summed E-state index contributed by atoms with van der Waals surface area (Å²) in [6.07, 6.45) is -0.00541. The average molecular weight is 318 g/mol. The quantitative estimate of drug-likeness (QED) is 0.780. The first-order chi connectivity index (χ1) is 8.32. The van der Waals surface area contributed by atoms with Crippen molar-refractivity contribution < 1.29 is 14.6 Å². The van der Waals surface area contributed by atoms with Gasteiger partial charge in [-0.1, -0.05) is 22.9 Å². The standard InChI is InChI=1S/C13H17BrFNO2/c1-12(7-17)5-9(18)6-13(12,16)10-4-8(14)2-3-11(10)15/h2-4,9,17-18H,5-7,16H2,1H3/t9?,12-,13+/m0/s1. The lowest BCUT2D eigenvalue weighted by Gasteiger charge is -2.40. The molecule has 1 unspecified atom stereocenters. The van der Waals surface area contributed by atoms with E-state index in [1.54, 1.807) is 19.1 Å². The van der Waals surface area contributed by atoms with E-state index in [2.05, 4.69) is 15.9 Å². The molecule has 1 aromatic rings. The highest BCUT2D eigenvalue weighted by Crippen LogP contribution is 2.51. The third-order valence-electron chi connectivity index (χ3n) is 4.08. The van der Waals surface area contributed by atoms with Gasteiger partial charge >= 0.3 is 0 Å². The molecule has 3 nitrogen and oxygen atoms in total. The van der Waals surface area contributed by atoms with Gasteiger partial charge in [0.15, 0.2) is 0 Å². The van der Waals surface area contributed by atoms with Gasteiger partial charge in [0.2, 0.25) is 0 Å². The molecule has 18 heavy (non-hydrogen) atoms. The first kappa shape index (κ1) is 13.9. The number of aliphatic hydroxyl groups is 2. The molecular formula is C13H17BrFNO2. The third kappa shape index (κ3) is 1.99. The predicted octanol–water partition coefficient (Wildman–Crippen LogP) is 1.90. The minimum atomic E-state index is -1.06. The van der Waals surface area contributed by atoms with E-state index >= 15 is 0 Å². The summed E-state index contributed by atoms with van der Waals surface area (Å²) in [4.78, 5) is 0. The Morgan fingerprint density at radius 1 is 1.50 bits per heavy atom. The van der Waals surface area contributed by atoms with Crippen LogP contribution in [0.4, 0.5) is 4.39 Å². The zero-order valence-electron chi connectivity index (χ0n) is 10.2. The van der Waals surface area contributed by atoms with Crippen molar-refractivity contribution in [2.24, 2.45) is 11.1 Å². The smallest absolute Gasteiger partial charge is 0.128 e. The van der Waals surface area contributed by atoms with Crippen LogP contribution >= 0.6 is 15.9 Å². The van der Waals surface area contributed by atoms with Gasteiger partial charge in [0.25, 0.3) is 0 Å². The summed E-state index contributed by atoms with van der Waals surface area (Å²) in [6, 6.07) is 4.57. The second-order valence-corrected chi connectivity index (χ2v) is 6.29. The summed E-state index contributed by atoms with van der Waals surface area (Å²) in [5.41, 5.74) is 4.90. The van der Waals surface area contributed by atoms with Crippen LogP contribution in [0.1, 0.15) is 25.3 Å². The van der Waals surface area contributed by atoms with Crippen molar-refractivity contribution in [3.8, 4) is 0 Å². The van der Waals surface area contributed by atoms with Crippen molar-refractivity contribution in [1.29, 1.82) is 0 Å². The maximum absolute atomic E-state index is 14.0. The van der Waals surface area contributed by atoms with Crippen LogP contribution in [0.3, 0.4) is 0 Å². The van der Waals surface area contributed by atoms with Crippen LogP contribution in [-0.4, -0.2) is 22.9 Å². The van der Waals surface area contributed by atoms with E-state index in [0.29, 0.717) is 12.0 Å². The lowest BCUT2D eigenvalue weighted by molar-refractivity contribution is 0.0729. The fourth-order valence-electron chi connectivity index (χ4n) is 2.87. The lowest BCUT2D eigenvalue weighted by Crippen LogP contribution is -2.50. The van der Waals surface area contributed by atoms with Gasteiger partial charge in [0.1, 0.15) is 5.82 Å². The van der Waals surface area contributed by atoms with Crippen LogP contribution in [-0.2, 0) is 5.54 Å². The summed E-state index contributed by atoms with van der Waals surface area (Å²) in [5, 5.41) is 19.4. The molecule has 0 aliphatic heterocycles. The lowest BCUT2D eigenvalue weighted by atomic mass is 9.70. The van der Waals surface area contributed by atoms with Gasteiger partial charge in [0.05, 0.1) is 18.2 Å². The molecule has 100 valence electrons. The van der Waals surface area contributed by atoms with Gasteiger partial charge in [-0.25, -0.2) is 4.39 Å². The number of rotatable bonds is 2. The number of hydrogen-bond donors (Lipinski definition) is 3. The molecule has 3 atom stereocenters. The fourth-order valence-corrected chi connectivity index (χ4v) is 3.23. The Hall–Kier alpha value is -0.490. The summed E-state index contributed by atoms with van der Waals surface area (Å²) < 4.78 is 14.7. The normalized spacial score (nSPS) is 36.0. The Bertz CT molecular complexity index is 470. The molecule has 1 aliphatic rings. The topological polar surface area (TPSA) is 66.5 Å². The molecular weight excluding hydrogens is 301 g/mol. The number of hydrogen-bond acceptors (Lipinski definition) is 3. The average Bonchev–Trinajstić information content (AvgIpc) is 2.54. The van der Waals surface area contributed by atoms with Crippen LogP contribution in [0.2, 0.25) is 0 Å². The molecule has 0 heterocycles. The zero-order chi connectivity index (χ0) is 13.6. The molecule has 1 saturated carbocycles. The van der Waals surface area contributed by atoms with Crippen LogP contribution in [0.5, 0.6) is 0 Å². The molecule has 2 rings (SSSR count). The van der Waals surface area contributed by atoms with Crippen LogP contribution in [0.15, 0.2) is 22.7 Å². The SMILES string of the molecule is C[C@@]1(CO)CC(O)C[C@@]1(N)c1cc(Br)ccc1F. The number of halogens is 2. The van der Waals surface area contributed by atoms with Gasteiger partial charge in [-0.2, -0.15) is 0 Å². The third-order valence-corrected chi connectivity index (χ3v) is 4.57. The molecule has 5 heteroatoms. The molecule has 1 aliphatic carbocycles. The van der Waals surface area contributed by atoms with Crippen LogP contribution in [0.25, 0.3) is 0 Å². The van der Waals surface area contributed by atoms with Crippen LogP contribution in [0, 0.1) is 11.2 Å². The maximum atomic E-state index is 14.0. The minimum Gasteiger partial charge on any atom is -0.396 e. The summed E-state index contributed by atoms with van der Waals surface area (Å²) in [6.45, 7) is 1.59. The molecule has 0 aromatic heterocycles. The Morgan fingerprint density at radius 3 is 2.78 bits per heavy atom. The minimum absolute atomic E-state index is 0.188. The molecule has 4 N–H and O–H groups in total. The molecule has 0 bridgehead atoms. The summed E-state index contributed by atoms with van der Waals surface area (Å²) >= 11 is 3.29. The Balaban J connectivity index is 2.56. The number of aliphatic hydroxyl groups excluding tert-OH is 2. The van der Waals surface area contributed by atoms with Gasteiger partial charge in [-0.05, 0) is 31.0 Å². The maximum Gasteiger partial charge on any atom is 0.128 e. The fraction of sp³-hybridized carbons (Fsp3) is 0.538. The highest BCUT2D eigenvalue weighted by Gasteiger charge is 2.54. The Labute approximate surface area is 114 Å². The summed E-state index contributed by atoms with van der Waals surface area (Å²) in [7, 11) is 0.